The average Bonchev–Trinajstić information content (AvgIpc) is 3.17. The number of nitrogens with one attached hydrogen (secondary N) is 2. The Morgan fingerprint density at radius 1 is 1.04 bits per heavy atom. The highest BCUT2D eigenvalue weighted by Crippen LogP contribution is 2.25. The smallest absolute Gasteiger partial charge is 0.181 e. The van der Waals surface area contributed by atoms with Crippen LogP contribution in [0.5, 0.6) is 0 Å². The molecule has 0 spiro atoms. The van der Waals surface area contributed by atoms with Gasteiger partial charge in [-0.05, 0) is 35.9 Å². The largest absolute Gasteiger partial charge is 0.365 e. The number of nitrogens with zero attached hydrogens (tertiary/aromatic N) is 4. The minimum absolute atomic E-state index is 0.325. The summed E-state index contributed by atoms with van der Waals surface area (Å²) in [5.41, 5.74) is 2.44. The SMILES string of the molecule is Fc1cccc(-c2n[nH]c(-c3cccnc3NCc3cccnc3)n2)c1. The van der Waals surface area contributed by atoms with E-state index >= 15 is 0 Å². The molecule has 3 heterocycles. The van der Waals surface area contributed by atoms with Crippen LogP contribution >= 0.6 is 0 Å². The van der Waals surface area contributed by atoms with Crippen molar-refractivity contribution < 1.29 is 4.39 Å². The van der Waals surface area contributed by atoms with Crippen LogP contribution < -0.4 is 5.32 Å². The van der Waals surface area contributed by atoms with Crippen molar-refractivity contribution in [2.24, 2.45) is 0 Å². The van der Waals surface area contributed by atoms with Crippen LogP contribution in [-0.2, 0) is 6.54 Å². The maximum atomic E-state index is 13.4. The summed E-state index contributed by atoms with van der Waals surface area (Å²) in [7, 11) is 0. The van der Waals surface area contributed by atoms with Gasteiger partial charge in [-0.15, -0.1) is 0 Å². The third-order valence-electron chi connectivity index (χ3n) is 3.81. The Bertz CT molecular complexity index is 1020. The Labute approximate surface area is 149 Å². The van der Waals surface area contributed by atoms with E-state index in [2.05, 4.69) is 30.5 Å². The van der Waals surface area contributed by atoms with Gasteiger partial charge in [-0.1, -0.05) is 18.2 Å². The molecule has 0 aliphatic heterocycles. The lowest BCUT2D eigenvalue weighted by molar-refractivity contribution is 0.628. The lowest BCUT2D eigenvalue weighted by atomic mass is 10.2. The normalized spacial score (nSPS) is 10.7. The summed E-state index contributed by atoms with van der Waals surface area (Å²) in [6.07, 6.45) is 5.24. The Morgan fingerprint density at radius 2 is 1.96 bits per heavy atom. The first-order chi connectivity index (χ1) is 12.8. The molecular weight excluding hydrogens is 331 g/mol. The van der Waals surface area contributed by atoms with Crippen LogP contribution in [-0.4, -0.2) is 25.1 Å². The van der Waals surface area contributed by atoms with Gasteiger partial charge in [0, 0.05) is 30.7 Å². The summed E-state index contributed by atoms with van der Waals surface area (Å²) in [6, 6.07) is 13.8. The Kier molecular flexibility index (Phi) is 4.34. The topological polar surface area (TPSA) is 79.4 Å². The van der Waals surface area contributed by atoms with E-state index in [1.54, 1.807) is 30.7 Å². The molecule has 4 rings (SSSR count). The van der Waals surface area contributed by atoms with Crippen LogP contribution in [0.4, 0.5) is 10.2 Å². The summed E-state index contributed by atoms with van der Waals surface area (Å²) < 4.78 is 13.4. The van der Waals surface area contributed by atoms with Crippen molar-refractivity contribution in [3.63, 3.8) is 0 Å². The molecule has 0 aliphatic rings. The van der Waals surface area contributed by atoms with Crippen molar-refractivity contribution in [3.05, 3.63) is 78.5 Å². The highest BCUT2D eigenvalue weighted by molar-refractivity contribution is 5.71. The summed E-state index contributed by atoms with van der Waals surface area (Å²) in [4.78, 5) is 13.0. The maximum absolute atomic E-state index is 13.4. The highest BCUT2D eigenvalue weighted by Gasteiger charge is 2.12. The number of H-pyrrole nitrogens is 1. The molecular formula is C19H15FN6. The Balaban J connectivity index is 1.60. The van der Waals surface area contributed by atoms with E-state index in [9.17, 15) is 4.39 Å². The summed E-state index contributed by atoms with van der Waals surface area (Å²) in [5, 5.41) is 10.4. The van der Waals surface area contributed by atoms with Crippen LogP contribution in [0.15, 0.2) is 67.1 Å². The van der Waals surface area contributed by atoms with Gasteiger partial charge in [0.05, 0.1) is 5.56 Å². The van der Waals surface area contributed by atoms with E-state index in [0.29, 0.717) is 29.6 Å². The fourth-order valence-electron chi connectivity index (χ4n) is 2.56. The Morgan fingerprint density at radius 3 is 2.81 bits per heavy atom. The monoisotopic (exact) mass is 346 g/mol. The third kappa shape index (κ3) is 3.41. The molecule has 26 heavy (non-hydrogen) atoms. The summed E-state index contributed by atoms with van der Waals surface area (Å²) in [5.74, 6) is 1.35. The number of aromatic amines is 1. The molecule has 0 radical (unpaired) electrons. The molecule has 2 N–H and O–H groups in total. The van der Waals surface area contributed by atoms with Crippen molar-refractivity contribution in [1.29, 1.82) is 0 Å². The van der Waals surface area contributed by atoms with Crippen LogP contribution in [0.2, 0.25) is 0 Å². The second-order valence-corrected chi connectivity index (χ2v) is 5.63. The zero-order chi connectivity index (χ0) is 17.8. The van der Waals surface area contributed by atoms with E-state index in [1.165, 1.54) is 12.1 Å². The van der Waals surface area contributed by atoms with E-state index in [0.717, 1.165) is 11.1 Å². The fourth-order valence-corrected chi connectivity index (χ4v) is 2.56. The lowest BCUT2D eigenvalue weighted by Crippen LogP contribution is -2.03. The summed E-state index contributed by atoms with van der Waals surface area (Å²) >= 11 is 0. The lowest BCUT2D eigenvalue weighted by Gasteiger charge is -2.08. The number of aromatic nitrogens is 5. The van der Waals surface area contributed by atoms with Crippen LogP contribution in [0.3, 0.4) is 0 Å². The van der Waals surface area contributed by atoms with E-state index in [-0.39, 0.29) is 5.82 Å². The first kappa shape index (κ1) is 15.9. The van der Waals surface area contributed by atoms with Crippen molar-refractivity contribution in [2.75, 3.05) is 5.32 Å². The van der Waals surface area contributed by atoms with Crippen molar-refractivity contribution in [1.82, 2.24) is 25.1 Å². The van der Waals surface area contributed by atoms with Gasteiger partial charge in [-0.2, -0.15) is 5.10 Å². The minimum Gasteiger partial charge on any atom is -0.365 e. The van der Waals surface area contributed by atoms with Crippen molar-refractivity contribution >= 4 is 5.82 Å². The molecule has 7 heteroatoms. The summed E-state index contributed by atoms with van der Waals surface area (Å²) in [6.45, 7) is 0.586. The third-order valence-corrected chi connectivity index (χ3v) is 3.81. The van der Waals surface area contributed by atoms with Crippen molar-refractivity contribution in [2.45, 2.75) is 6.54 Å². The minimum atomic E-state index is -0.325. The number of hydrogen-bond donors (Lipinski definition) is 2. The number of hydrogen-bond acceptors (Lipinski definition) is 5. The van der Waals surface area contributed by atoms with Gasteiger partial charge in [0.2, 0.25) is 0 Å². The predicted molar refractivity (Wildman–Crippen MR) is 96.6 cm³/mol. The number of benzene rings is 1. The molecule has 0 unspecified atom stereocenters. The molecule has 0 bridgehead atoms. The van der Waals surface area contributed by atoms with E-state index in [4.69, 9.17) is 0 Å². The molecule has 0 saturated heterocycles. The molecule has 6 nitrogen and oxygen atoms in total. The van der Waals surface area contributed by atoms with E-state index in [1.807, 2.05) is 24.3 Å². The van der Waals surface area contributed by atoms with Gasteiger partial charge in [0.1, 0.15) is 11.6 Å². The van der Waals surface area contributed by atoms with Crippen LogP contribution in [0, 0.1) is 5.82 Å². The number of rotatable bonds is 5. The number of pyridine rings is 2. The van der Waals surface area contributed by atoms with Gasteiger partial charge in [-0.3, -0.25) is 10.1 Å². The molecule has 0 amide bonds. The quantitative estimate of drug-likeness (QED) is 0.576. The van der Waals surface area contributed by atoms with Gasteiger partial charge in [0.15, 0.2) is 11.6 Å². The standard InChI is InChI=1S/C19H15FN6/c20-15-6-1-5-14(10-15)17-24-19(26-25-17)16-7-3-9-22-18(16)23-12-13-4-2-8-21-11-13/h1-11H,12H2,(H,22,23)(H,24,25,26). The first-order valence-electron chi connectivity index (χ1n) is 8.06. The number of halogens is 1. The molecule has 0 saturated carbocycles. The first-order valence-corrected chi connectivity index (χ1v) is 8.06. The van der Waals surface area contributed by atoms with Crippen LogP contribution in [0.1, 0.15) is 5.56 Å². The molecule has 3 aromatic heterocycles. The molecule has 0 fully saturated rings. The zero-order valence-electron chi connectivity index (χ0n) is 13.7. The second-order valence-electron chi connectivity index (χ2n) is 5.63. The Hall–Kier alpha value is -3.61. The average molecular weight is 346 g/mol. The highest BCUT2D eigenvalue weighted by atomic mass is 19.1. The molecule has 4 aromatic rings. The maximum Gasteiger partial charge on any atom is 0.181 e. The predicted octanol–water partition coefficient (Wildman–Crippen LogP) is 3.68. The van der Waals surface area contributed by atoms with Gasteiger partial charge < -0.3 is 5.32 Å². The van der Waals surface area contributed by atoms with E-state index < -0.39 is 0 Å². The number of anilines is 1. The van der Waals surface area contributed by atoms with Gasteiger partial charge in [0.25, 0.3) is 0 Å². The van der Waals surface area contributed by atoms with Crippen molar-refractivity contribution in [3.8, 4) is 22.8 Å². The molecule has 128 valence electrons. The van der Waals surface area contributed by atoms with Gasteiger partial charge >= 0.3 is 0 Å². The molecule has 1 aromatic carbocycles. The van der Waals surface area contributed by atoms with Gasteiger partial charge in [-0.25, -0.2) is 14.4 Å². The molecule has 0 atom stereocenters. The second kappa shape index (κ2) is 7.10. The molecule has 0 aliphatic carbocycles. The van der Waals surface area contributed by atoms with Crippen LogP contribution in [0.25, 0.3) is 22.8 Å². The zero-order valence-corrected chi connectivity index (χ0v) is 13.7. The fraction of sp³-hybridized carbons (Fsp3) is 0.0526.